The van der Waals surface area contributed by atoms with E-state index in [9.17, 15) is 0 Å². The van der Waals surface area contributed by atoms with Gasteiger partial charge < -0.3 is 0 Å². The van der Waals surface area contributed by atoms with Crippen molar-refractivity contribution >= 4 is 10.8 Å². The molecule has 0 aromatic heterocycles. The van der Waals surface area contributed by atoms with Crippen LogP contribution in [-0.4, -0.2) is 0 Å². The maximum atomic E-state index is 2.35. The highest BCUT2D eigenvalue weighted by molar-refractivity contribution is 5.87. The molecule has 2 aromatic carbocycles. The van der Waals surface area contributed by atoms with E-state index in [0.717, 1.165) is 0 Å². The fraction of sp³-hybridized carbons (Fsp3) is 0.412. The number of hydrogen-bond acceptors (Lipinski definition) is 0. The fourth-order valence-corrected chi connectivity index (χ4v) is 2.75. The van der Waals surface area contributed by atoms with Gasteiger partial charge in [0.2, 0.25) is 0 Å². The predicted molar refractivity (Wildman–Crippen MR) is 76.7 cm³/mol. The predicted octanol–water partition coefficient (Wildman–Crippen LogP) is 5.05. The fourth-order valence-electron chi connectivity index (χ4n) is 2.75. The second kappa shape index (κ2) is 5.35. The van der Waals surface area contributed by atoms with Crippen molar-refractivity contribution in [2.75, 3.05) is 0 Å². The molecule has 0 aliphatic carbocycles. The van der Waals surface area contributed by atoms with E-state index >= 15 is 0 Å². The largest absolute Gasteiger partial charge is 0.0651 e. The van der Waals surface area contributed by atoms with Gasteiger partial charge in [-0.3, -0.25) is 0 Å². The summed E-state index contributed by atoms with van der Waals surface area (Å²) in [6.07, 6.45) is 4.88. The van der Waals surface area contributed by atoms with E-state index in [2.05, 4.69) is 51.1 Å². The number of hydrogen-bond donors (Lipinski definition) is 0. The Kier molecular flexibility index (Phi) is 3.83. The van der Waals surface area contributed by atoms with Crippen molar-refractivity contribution in [1.82, 2.24) is 0 Å². The molecule has 0 radical (unpaired) electrons. The maximum absolute atomic E-state index is 2.35. The van der Waals surface area contributed by atoms with Gasteiger partial charge >= 0.3 is 0 Å². The van der Waals surface area contributed by atoms with Gasteiger partial charge in [0.1, 0.15) is 0 Å². The van der Waals surface area contributed by atoms with Crippen LogP contribution in [0.25, 0.3) is 10.8 Å². The SMILES string of the molecule is CCCc1c(C)cc2ccccc2c1CCC. The lowest BCUT2D eigenvalue weighted by molar-refractivity contribution is 0.861. The van der Waals surface area contributed by atoms with Gasteiger partial charge in [-0.1, -0.05) is 57.0 Å². The van der Waals surface area contributed by atoms with Crippen LogP contribution in [0.2, 0.25) is 0 Å². The Morgan fingerprint density at radius 2 is 1.53 bits per heavy atom. The first-order valence-corrected chi connectivity index (χ1v) is 6.78. The molecule has 0 aliphatic heterocycles. The van der Waals surface area contributed by atoms with Gasteiger partial charge in [-0.05, 0) is 47.2 Å². The van der Waals surface area contributed by atoms with Crippen LogP contribution in [0, 0.1) is 6.92 Å². The molecule has 90 valence electrons. The average Bonchev–Trinajstić information content (AvgIpc) is 2.34. The molecule has 0 aliphatic rings. The Hall–Kier alpha value is -1.30. The standard InChI is InChI=1S/C17H22/c1-4-8-15-13(3)12-14-10-6-7-11-16(14)17(15)9-5-2/h6-7,10-12H,4-5,8-9H2,1-3H3. The van der Waals surface area contributed by atoms with Crippen LogP contribution < -0.4 is 0 Å². The van der Waals surface area contributed by atoms with E-state index in [4.69, 9.17) is 0 Å². The van der Waals surface area contributed by atoms with Crippen LogP contribution in [-0.2, 0) is 12.8 Å². The van der Waals surface area contributed by atoms with Gasteiger partial charge in [0.25, 0.3) is 0 Å². The van der Waals surface area contributed by atoms with Crippen molar-refractivity contribution in [1.29, 1.82) is 0 Å². The third-order valence-corrected chi connectivity index (χ3v) is 3.50. The molecule has 0 saturated carbocycles. The van der Waals surface area contributed by atoms with Crippen molar-refractivity contribution < 1.29 is 0 Å². The molecule has 0 atom stereocenters. The minimum Gasteiger partial charge on any atom is -0.0651 e. The Morgan fingerprint density at radius 1 is 0.882 bits per heavy atom. The van der Waals surface area contributed by atoms with Gasteiger partial charge in [0.15, 0.2) is 0 Å². The highest BCUT2D eigenvalue weighted by Crippen LogP contribution is 2.28. The zero-order chi connectivity index (χ0) is 12.3. The first kappa shape index (κ1) is 12.2. The summed E-state index contributed by atoms with van der Waals surface area (Å²) < 4.78 is 0. The molecule has 0 amide bonds. The van der Waals surface area contributed by atoms with Gasteiger partial charge in [0, 0.05) is 0 Å². The number of benzene rings is 2. The molecule has 0 heteroatoms. The minimum atomic E-state index is 1.21. The van der Waals surface area contributed by atoms with Crippen molar-refractivity contribution in [2.24, 2.45) is 0 Å². The summed E-state index contributed by atoms with van der Waals surface area (Å²) in [5.41, 5.74) is 4.65. The van der Waals surface area contributed by atoms with Gasteiger partial charge in [-0.15, -0.1) is 0 Å². The van der Waals surface area contributed by atoms with Crippen LogP contribution in [0.4, 0.5) is 0 Å². The van der Waals surface area contributed by atoms with Gasteiger partial charge in [-0.25, -0.2) is 0 Å². The van der Waals surface area contributed by atoms with Crippen LogP contribution in [0.3, 0.4) is 0 Å². The van der Waals surface area contributed by atoms with Crippen molar-refractivity contribution in [3.63, 3.8) is 0 Å². The Bertz CT molecular complexity index is 509. The average molecular weight is 226 g/mol. The minimum absolute atomic E-state index is 1.21. The lowest BCUT2D eigenvalue weighted by Crippen LogP contribution is -1.99. The molecule has 0 nitrogen and oxygen atoms in total. The third kappa shape index (κ3) is 2.36. The molecule has 2 rings (SSSR count). The highest BCUT2D eigenvalue weighted by Gasteiger charge is 2.09. The van der Waals surface area contributed by atoms with E-state index in [1.165, 1.54) is 42.0 Å². The van der Waals surface area contributed by atoms with Crippen LogP contribution in [0.1, 0.15) is 43.4 Å². The van der Waals surface area contributed by atoms with Crippen molar-refractivity contribution in [3.8, 4) is 0 Å². The molecule has 17 heavy (non-hydrogen) atoms. The molecule has 2 aromatic rings. The van der Waals surface area contributed by atoms with Crippen LogP contribution in [0.15, 0.2) is 30.3 Å². The summed E-state index contributed by atoms with van der Waals surface area (Å²) in [5, 5.41) is 2.86. The molecule has 0 bridgehead atoms. The molecule has 0 N–H and O–H groups in total. The number of aryl methyl sites for hydroxylation is 2. The number of rotatable bonds is 4. The van der Waals surface area contributed by atoms with E-state index in [0.29, 0.717) is 0 Å². The lowest BCUT2D eigenvalue weighted by atomic mass is 9.90. The van der Waals surface area contributed by atoms with Crippen LogP contribution in [0.5, 0.6) is 0 Å². The first-order valence-electron chi connectivity index (χ1n) is 6.78. The zero-order valence-electron chi connectivity index (χ0n) is 11.2. The molecule has 0 saturated heterocycles. The van der Waals surface area contributed by atoms with Crippen LogP contribution >= 0.6 is 0 Å². The molecular weight excluding hydrogens is 204 g/mol. The molecule has 0 spiro atoms. The smallest absolute Gasteiger partial charge is 0.0149 e. The van der Waals surface area contributed by atoms with E-state index in [-0.39, 0.29) is 0 Å². The lowest BCUT2D eigenvalue weighted by Gasteiger charge is -2.15. The highest BCUT2D eigenvalue weighted by atomic mass is 14.1. The first-order chi connectivity index (χ1) is 8.27. The summed E-state index contributed by atoms with van der Waals surface area (Å²) in [6.45, 7) is 6.80. The molecule has 0 fully saturated rings. The summed E-state index contributed by atoms with van der Waals surface area (Å²) in [4.78, 5) is 0. The molecule has 0 heterocycles. The number of fused-ring (bicyclic) bond motifs is 1. The monoisotopic (exact) mass is 226 g/mol. The zero-order valence-corrected chi connectivity index (χ0v) is 11.2. The Morgan fingerprint density at radius 3 is 2.24 bits per heavy atom. The third-order valence-electron chi connectivity index (χ3n) is 3.50. The molecular formula is C17H22. The summed E-state index contributed by atoms with van der Waals surface area (Å²) in [6, 6.07) is 11.2. The second-order valence-electron chi connectivity index (χ2n) is 4.87. The quantitative estimate of drug-likeness (QED) is 0.684. The maximum Gasteiger partial charge on any atom is -0.0149 e. The van der Waals surface area contributed by atoms with E-state index in [1.54, 1.807) is 11.1 Å². The van der Waals surface area contributed by atoms with Gasteiger partial charge in [-0.2, -0.15) is 0 Å². The van der Waals surface area contributed by atoms with E-state index < -0.39 is 0 Å². The Balaban J connectivity index is 2.69. The van der Waals surface area contributed by atoms with Gasteiger partial charge in [0.05, 0.1) is 0 Å². The second-order valence-corrected chi connectivity index (χ2v) is 4.87. The van der Waals surface area contributed by atoms with Crippen molar-refractivity contribution in [3.05, 3.63) is 47.0 Å². The Labute approximate surface area is 105 Å². The summed E-state index contributed by atoms with van der Waals surface area (Å²) in [7, 11) is 0. The summed E-state index contributed by atoms with van der Waals surface area (Å²) in [5.74, 6) is 0. The van der Waals surface area contributed by atoms with E-state index in [1.807, 2.05) is 0 Å². The molecule has 0 unspecified atom stereocenters. The normalized spacial score (nSPS) is 11.0. The van der Waals surface area contributed by atoms with Crippen molar-refractivity contribution in [2.45, 2.75) is 46.5 Å². The summed E-state index contributed by atoms with van der Waals surface area (Å²) >= 11 is 0. The topological polar surface area (TPSA) is 0 Å².